The molecule has 1 rings (SSSR count). The zero-order valence-electron chi connectivity index (χ0n) is 12.2. The molecule has 6 heteroatoms. The molecule has 1 aromatic heterocycles. The molecule has 0 aliphatic rings. The fourth-order valence-electron chi connectivity index (χ4n) is 1.55. The Morgan fingerprint density at radius 1 is 1.21 bits per heavy atom. The Morgan fingerprint density at radius 2 is 1.79 bits per heavy atom. The minimum atomic E-state index is -2.71. The largest absolute Gasteiger partial charge is 0.424 e. The van der Waals surface area contributed by atoms with E-state index in [1.807, 2.05) is 32.9 Å². The minimum Gasteiger partial charge on any atom is -0.424 e. The summed E-state index contributed by atoms with van der Waals surface area (Å²) < 4.78 is 16.7. The van der Waals surface area contributed by atoms with Gasteiger partial charge >= 0.3 is 6.72 Å². The minimum absolute atomic E-state index is 0.333. The Hall–Kier alpha value is -0.480. The van der Waals surface area contributed by atoms with Crippen LogP contribution >= 0.6 is 6.72 Å². The molecule has 0 aliphatic heterocycles. The van der Waals surface area contributed by atoms with Crippen LogP contribution in [0.1, 0.15) is 45.0 Å². The van der Waals surface area contributed by atoms with Crippen molar-refractivity contribution in [2.45, 2.75) is 40.5 Å². The number of nitrogens with zero attached hydrogens (tertiary/aromatic N) is 1. The van der Waals surface area contributed by atoms with Crippen LogP contribution in [0.2, 0.25) is 0 Å². The molecule has 0 aromatic carbocycles. The molecule has 0 radical (unpaired) electrons. The van der Waals surface area contributed by atoms with Crippen molar-refractivity contribution in [1.82, 2.24) is 4.98 Å². The van der Waals surface area contributed by atoms with Gasteiger partial charge in [0.15, 0.2) is 0 Å². The topological polar surface area (TPSA) is 40.6 Å². The summed E-state index contributed by atoms with van der Waals surface area (Å²) in [6.45, 7) is 8.10. The lowest BCUT2D eigenvalue weighted by atomic mass is 10.1. The second-order valence-electron chi connectivity index (χ2n) is 4.40. The Morgan fingerprint density at radius 3 is 2.26 bits per heavy atom. The molecule has 0 spiro atoms. The van der Waals surface area contributed by atoms with Gasteiger partial charge in [-0.15, -0.1) is 0 Å². The third kappa shape index (κ3) is 5.19. The number of aromatic nitrogens is 1. The van der Waals surface area contributed by atoms with Gasteiger partial charge in [0.2, 0.25) is 0 Å². The summed E-state index contributed by atoms with van der Waals surface area (Å²) in [6.07, 6.45) is 0. The summed E-state index contributed by atoms with van der Waals surface area (Å²) in [5.74, 6) is 1.00. The van der Waals surface area contributed by atoms with Crippen LogP contribution in [0.3, 0.4) is 0 Å². The van der Waals surface area contributed by atoms with Crippen LogP contribution in [0.15, 0.2) is 12.1 Å². The number of hydrogen-bond donors (Lipinski definition) is 0. The second-order valence-corrected chi connectivity index (χ2v) is 7.33. The van der Waals surface area contributed by atoms with E-state index >= 15 is 0 Å². The highest BCUT2D eigenvalue weighted by Gasteiger charge is 2.21. The van der Waals surface area contributed by atoms with Gasteiger partial charge in [-0.3, -0.25) is 14.0 Å². The number of rotatable bonds is 7. The van der Waals surface area contributed by atoms with Gasteiger partial charge in [-0.05, 0) is 26.7 Å². The van der Waals surface area contributed by atoms with Gasteiger partial charge in [0.05, 0.1) is 13.2 Å². The van der Waals surface area contributed by atoms with E-state index in [1.54, 1.807) is 0 Å². The number of pyridine rings is 1. The van der Waals surface area contributed by atoms with Crippen molar-refractivity contribution in [1.29, 1.82) is 0 Å². The van der Waals surface area contributed by atoms with Gasteiger partial charge in [0.25, 0.3) is 0 Å². The Kier molecular flexibility index (Phi) is 6.40. The molecule has 1 aromatic rings. The third-order valence-electron chi connectivity index (χ3n) is 2.33. The first-order valence-corrected chi connectivity index (χ1v) is 9.03. The van der Waals surface area contributed by atoms with E-state index in [9.17, 15) is 0 Å². The lowest BCUT2D eigenvalue weighted by Crippen LogP contribution is -2.03. The maximum atomic E-state index is 5.80. The molecule has 1 heterocycles. The molecule has 0 aliphatic carbocycles. The molecule has 0 amide bonds. The fraction of sp³-hybridized carbons (Fsp3) is 0.615. The summed E-state index contributed by atoms with van der Waals surface area (Å²) in [5.41, 5.74) is 1.88. The molecule has 0 saturated heterocycles. The van der Waals surface area contributed by atoms with E-state index < -0.39 is 6.72 Å². The van der Waals surface area contributed by atoms with E-state index in [-0.39, 0.29) is 0 Å². The van der Waals surface area contributed by atoms with Crippen LogP contribution in [0, 0.1) is 6.92 Å². The third-order valence-corrected chi connectivity index (χ3v) is 4.77. The summed E-state index contributed by atoms with van der Waals surface area (Å²) >= 11 is 5.36. The Balaban J connectivity index is 2.99. The molecule has 108 valence electrons. The molecule has 4 nitrogen and oxygen atoms in total. The molecule has 0 unspecified atom stereocenters. The number of hydrogen-bond acceptors (Lipinski definition) is 5. The van der Waals surface area contributed by atoms with E-state index in [0.29, 0.717) is 24.9 Å². The van der Waals surface area contributed by atoms with Crippen molar-refractivity contribution < 1.29 is 13.6 Å². The van der Waals surface area contributed by atoms with Gasteiger partial charge < -0.3 is 4.52 Å². The van der Waals surface area contributed by atoms with Crippen LogP contribution in [0.25, 0.3) is 0 Å². The van der Waals surface area contributed by atoms with Crippen molar-refractivity contribution in [2.24, 2.45) is 0 Å². The van der Waals surface area contributed by atoms with Crippen molar-refractivity contribution in [3.63, 3.8) is 0 Å². The predicted octanol–water partition coefficient (Wildman–Crippen LogP) is 4.19. The van der Waals surface area contributed by atoms with Crippen LogP contribution in [-0.4, -0.2) is 18.2 Å². The highest BCUT2D eigenvalue weighted by molar-refractivity contribution is 8.07. The average Bonchev–Trinajstić information content (AvgIpc) is 2.28. The standard InChI is InChI=1S/C13H22NO3PS/c1-6-15-18(19,16-7-2)17-12-8-11(5)14-13(9-12)10(3)4/h8-10H,6-7H2,1-5H3. The summed E-state index contributed by atoms with van der Waals surface area (Å²) in [7, 11) is 0. The van der Waals surface area contributed by atoms with Gasteiger partial charge in [-0.2, -0.15) is 0 Å². The van der Waals surface area contributed by atoms with Gasteiger partial charge in [0, 0.05) is 35.3 Å². The van der Waals surface area contributed by atoms with E-state index in [1.165, 1.54) is 0 Å². The average molecular weight is 303 g/mol. The van der Waals surface area contributed by atoms with Gasteiger partial charge in [-0.25, -0.2) is 0 Å². The first-order valence-electron chi connectivity index (χ1n) is 6.47. The molecular weight excluding hydrogens is 281 g/mol. The predicted molar refractivity (Wildman–Crippen MR) is 81.2 cm³/mol. The van der Waals surface area contributed by atoms with Gasteiger partial charge in [-0.1, -0.05) is 13.8 Å². The second kappa shape index (κ2) is 7.34. The zero-order valence-corrected chi connectivity index (χ0v) is 13.9. The van der Waals surface area contributed by atoms with Crippen LogP contribution in [-0.2, 0) is 20.9 Å². The maximum Gasteiger partial charge on any atom is 0.380 e. The normalized spacial score (nSPS) is 11.9. The number of aryl methyl sites for hydroxylation is 1. The first-order chi connectivity index (χ1) is 8.90. The van der Waals surface area contributed by atoms with Crippen molar-refractivity contribution in [3.05, 3.63) is 23.5 Å². The molecule has 0 bridgehead atoms. The van der Waals surface area contributed by atoms with Crippen molar-refractivity contribution >= 4 is 18.5 Å². The van der Waals surface area contributed by atoms with Crippen LogP contribution in [0.5, 0.6) is 5.75 Å². The van der Waals surface area contributed by atoms with E-state index in [2.05, 4.69) is 18.8 Å². The molecule has 0 fully saturated rings. The SMILES string of the molecule is CCOP(=S)(OCC)Oc1cc(C)nc(C(C)C)c1. The molecule has 0 saturated carbocycles. The lowest BCUT2D eigenvalue weighted by Gasteiger charge is -2.21. The molecule has 0 atom stereocenters. The smallest absolute Gasteiger partial charge is 0.380 e. The molecular formula is C13H22NO3PS. The summed E-state index contributed by atoms with van der Waals surface area (Å²) in [4.78, 5) is 4.47. The Labute approximate surface area is 120 Å². The lowest BCUT2D eigenvalue weighted by molar-refractivity contribution is 0.217. The highest BCUT2D eigenvalue weighted by atomic mass is 32.5. The molecule has 0 N–H and O–H groups in total. The van der Waals surface area contributed by atoms with Crippen LogP contribution in [0.4, 0.5) is 0 Å². The fourth-order valence-corrected chi connectivity index (χ4v) is 3.61. The van der Waals surface area contributed by atoms with Crippen molar-refractivity contribution in [3.8, 4) is 5.75 Å². The summed E-state index contributed by atoms with van der Waals surface area (Å²) in [5, 5.41) is 0. The van der Waals surface area contributed by atoms with Crippen LogP contribution < -0.4 is 4.52 Å². The van der Waals surface area contributed by atoms with E-state index in [0.717, 1.165) is 11.4 Å². The highest BCUT2D eigenvalue weighted by Crippen LogP contribution is 2.49. The summed E-state index contributed by atoms with van der Waals surface area (Å²) in [6, 6.07) is 3.75. The first kappa shape index (κ1) is 16.6. The molecule has 19 heavy (non-hydrogen) atoms. The quantitative estimate of drug-likeness (QED) is 0.706. The Bertz CT molecular complexity index is 455. The zero-order chi connectivity index (χ0) is 14.5. The van der Waals surface area contributed by atoms with Crippen molar-refractivity contribution in [2.75, 3.05) is 13.2 Å². The maximum absolute atomic E-state index is 5.80. The van der Waals surface area contributed by atoms with Gasteiger partial charge in [0.1, 0.15) is 5.75 Å². The van der Waals surface area contributed by atoms with E-state index in [4.69, 9.17) is 25.4 Å². The monoisotopic (exact) mass is 303 g/mol.